The smallest absolute Gasteiger partial charge is 0.339 e. The lowest BCUT2D eigenvalue weighted by Gasteiger charge is -2.31. The molecule has 0 aromatic heterocycles. The number of hydrogen-bond acceptors (Lipinski definition) is 3. The van der Waals surface area contributed by atoms with Crippen molar-refractivity contribution in [3.63, 3.8) is 0 Å². The maximum absolute atomic E-state index is 11.0. The lowest BCUT2D eigenvalue weighted by atomic mass is 9.85. The molecule has 0 spiro atoms. The summed E-state index contributed by atoms with van der Waals surface area (Å²) in [7, 11) is 0. The van der Waals surface area contributed by atoms with Crippen molar-refractivity contribution in [2.24, 2.45) is 5.92 Å². The fourth-order valence-electron chi connectivity index (χ4n) is 2.05. The molecule has 0 amide bonds. The highest BCUT2D eigenvalue weighted by Gasteiger charge is 2.40. The van der Waals surface area contributed by atoms with Gasteiger partial charge in [0.2, 0.25) is 0 Å². The molecule has 1 aliphatic rings. The van der Waals surface area contributed by atoms with E-state index in [0.29, 0.717) is 0 Å². The molecular formula is C14H13ClO4. The number of rotatable bonds is 3. The number of benzene rings is 1. The minimum Gasteiger partial charge on any atom is -0.511 e. The van der Waals surface area contributed by atoms with Gasteiger partial charge in [0.05, 0.1) is 11.5 Å². The van der Waals surface area contributed by atoms with Crippen LogP contribution in [-0.2, 0) is 11.2 Å². The SMILES string of the molecule is O=C(O)C1=C(O)C(Cc2ccccc2)C(O)(Cl)C=C1. The van der Waals surface area contributed by atoms with Gasteiger partial charge >= 0.3 is 5.97 Å². The van der Waals surface area contributed by atoms with Crippen LogP contribution in [0.2, 0.25) is 0 Å². The van der Waals surface area contributed by atoms with Crippen LogP contribution >= 0.6 is 11.6 Å². The number of carbonyl (C=O) groups is 1. The summed E-state index contributed by atoms with van der Waals surface area (Å²) in [6, 6.07) is 9.12. The average Bonchev–Trinajstić information content (AvgIpc) is 2.35. The molecule has 0 bridgehead atoms. The van der Waals surface area contributed by atoms with Gasteiger partial charge in [-0.2, -0.15) is 0 Å². The van der Waals surface area contributed by atoms with E-state index in [1.54, 1.807) is 0 Å². The van der Waals surface area contributed by atoms with Crippen LogP contribution in [-0.4, -0.2) is 26.3 Å². The van der Waals surface area contributed by atoms with Gasteiger partial charge in [0.1, 0.15) is 5.76 Å². The summed E-state index contributed by atoms with van der Waals surface area (Å²) in [5.74, 6) is -2.55. The molecule has 0 radical (unpaired) electrons. The molecule has 1 aromatic rings. The molecule has 0 saturated heterocycles. The molecule has 1 aromatic carbocycles. The van der Waals surface area contributed by atoms with E-state index in [1.165, 1.54) is 6.08 Å². The van der Waals surface area contributed by atoms with E-state index in [0.717, 1.165) is 11.6 Å². The first-order valence-electron chi connectivity index (χ1n) is 5.72. The Bertz CT molecular complexity index is 546. The Kier molecular flexibility index (Phi) is 3.64. The zero-order chi connectivity index (χ0) is 14.0. The normalized spacial score (nSPS) is 26.5. The van der Waals surface area contributed by atoms with E-state index in [1.807, 2.05) is 30.3 Å². The Morgan fingerprint density at radius 1 is 1.32 bits per heavy atom. The quantitative estimate of drug-likeness (QED) is 0.742. The van der Waals surface area contributed by atoms with Gasteiger partial charge in [-0.25, -0.2) is 4.79 Å². The summed E-state index contributed by atoms with van der Waals surface area (Å²) in [4.78, 5) is 11.0. The number of hydrogen-bond donors (Lipinski definition) is 3. The van der Waals surface area contributed by atoms with E-state index in [4.69, 9.17) is 16.7 Å². The minimum absolute atomic E-state index is 0.244. The number of aliphatic hydroxyl groups is 2. The standard InChI is InChI=1S/C14H13ClO4/c15-14(19)7-6-10(13(17)18)12(16)11(14)8-9-4-2-1-3-5-9/h1-7,11,16,19H,8H2,(H,17,18). The second-order valence-electron chi connectivity index (χ2n) is 4.41. The molecule has 3 N–H and O–H groups in total. The van der Waals surface area contributed by atoms with Gasteiger partial charge < -0.3 is 15.3 Å². The molecule has 0 fully saturated rings. The van der Waals surface area contributed by atoms with E-state index in [9.17, 15) is 15.0 Å². The molecule has 0 heterocycles. The molecular weight excluding hydrogens is 268 g/mol. The van der Waals surface area contributed by atoms with Crippen LogP contribution in [0.1, 0.15) is 5.56 Å². The molecule has 19 heavy (non-hydrogen) atoms. The monoisotopic (exact) mass is 280 g/mol. The van der Waals surface area contributed by atoms with Crippen molar-refractivity contribution in [1.29, 1.82) is 0 Å². The third-order valence-electron chi connectivity index (χ3n) is 3.09. The highest BCUT2D eigenvalue weighted by atomic mass is 35.5. The summed E-state index contributed by atoms with van der Waals surface area (Å²) in [6.45, 7) is 0. The maximum atomic E-state index is 11.0. The van der Waals surface area contributed by atoms with Crippen molar-refractivity contribution in [1.82, 2.24) is 0 Å². The number of carboxylic acid groups (broad SMARTS) is 1. The van der Waals surface area contributed by atoms with Gasteiger partial charge in [-0.15, -0.1) is 0 Å². The number of halogens is 1. The average molecular weight is 281 g/mol. The highest BCUT2D eigenvalue weighted by Crippen LogP contribution is 2.37. The van der Waals surface area contributed by atoms with Gasteiger partial charge in [-0.1, -0.05) is 41.9 Å². The summed E-state index contributed by atoms with van der Waals surface area (Å²) in [5.41, 5.74) is 0.601. The van der Waals surface area contributed by atoms with Crippen LogP contribution in [0.25, 0.3) is 0 Å². The number of alkyl halides is 1. The molecule has 0 aliphatic heterocycles. The third-order valence-corrected chi connectivity index (χ3v) is 3.48. The lowest BCUT2D eigenvalue weighted by Crippen LogP contribution is -2.36. The van der Waals surface area contributed by atoms with Gasteiger partial charge in [0.25, 0.3) is 0 Å². The fraction of sp³-hybridized carbons (Fsp3) is 0.214. The van der Waals surface area contributed by atoms with Crippen LogP contribution in [0.15, 0.2) is 53.8 Å². The Hall–Kier alpha value is -1.78. The summed E-state index contributed by atoms with van der Waals surface area (Å²) in [5, 5.41) is 27.2. The van der Waals surface area contributed by atoms with Gasteiger partial charge in [0.15, 0.2) is 5.06 Å². The fourth-order valence-corrected chi connectivity index (χ4v) is 2.30. The molecule has 0 saturated carbocycles. The molecule has 2 rings (SSSR count). The highest BCUT2D eigenvalue weighted by molar-refractivity contribution is 6.24. The van der Waals surface area contributed by atoms with Gasteiger partial charge in [0, 0.05) is 0 Å². The minimum atomic E-state index is -1.79. The van der Waals surface area contributed by atoms with Crippen LogP contribution in [0, 0.1) is 5.92 Å². The predicted octanol–water partition coefficient (Wildman–Crippen LogP) is 2.24. The molecule has 2 atom stereocenters. The van der Waals surface area contributed by atoms with E-state index < -0.39 is 22.7 Å². The van der Waals surface area contributed by atoms with Crippen LogP contribution < -0.4 is 0 Å². The van der Waals surface area contributed by atoms with Gasteiger partial charge in [-0.3, -0.25) is 0 Å². The van der Waals surface area contributed by atoms with Crippen molar-refractivity contribution in [2.75, 3.05) is 0 Å². The second kappa shape index (κ2) is 5.07. The summed E-state index contributed by atoms with van der Waals surface area (Å²) < 4.78 is 0. The Labute approximate surface area is 115 Å². The maximum Gasteiger partial charge on any atom is 0.339 e. The van der Waals surface area contributed by atoms with E-state index in [-0.39, 0.29) is 12.0 Å². The first-order chi connectivity index (χ1) is 8.92. The van der Waals surface area contributed by atoms with Gasteiger partial charge in [-0.05, 0) is 24.1 Å². The Morgan fingerprint density at radius 3 is 2.53 bits per heavy atom. The number of carboxylic acids is 1. The van der Waals surface area contributed by atoms with E-state index in [2.05, 4.69) is 0 Å². The Balaban J connectivity index is 2.35. The second-order valence-corrected chi connectivity index (χ2v) is 5.01. The number of aliphatic hydroxyl groups excluding tert-OH is 1. The van der Waals surface area contributed by atoms with Crippen LogP contribution in [0.3, 0.4) is 0 Å². The third kappa shape index (κ3) is 2.80. The van der Waals surface area contributed by atoms with Crippen molar-refractivity contribution < 1.29 is 20.1 Å². The zero-order valence-electron chi connectivity index (χ0n) is 9.95. The Morgan fingerprint density at radius 2 is 1.95 bits per heavy atom. The largest absolute Gasteiger partial charge is 0.511 e. The number of aliphatic carboxylic acids is 1. The van der Waals surface area contributed by atoms with Crippen molar-refractivity contribution in [2.45, 2.75) is 11.5 Å². The summed E-state index contributed by atoms with van der Waals surface area (Å²) in [6.07, 6.45) is 2.55. The van der Waals surface area contributed by atoms with Crippen molar-refractivity contribution in [3.05, 3.63) is 59.4 Å². The van der Waals surface area contributed by atoms with Crippen LogP contribution in [0.4, 0.5) is 0 Å². The molecule has 4 nitrogen and oxygen atoms in total. The van der Waals surface area contributed by atoms with E-state index >= 15 is 0 Å². The van der Waals surface area contributed by atoms with Crippen molar-refractivity contribution in [3.8, 4) is 0 Å². The molecule has 2 unspecified atom stereocenters. The lowest BCUT2D eigenvalue weighted by molar-refractivity contribution is -0.132. The first kappa shape index (κ1) is 13.6. The van der Waals surface area contributed by atoms with Crippen LogP contribution in [0.5, 0.6) is 0 Å². The topological polar surface area (TPSA) is 77.8 Å². The molecule has 5 heteroatoms. The van der Waals surface area contributed by atoms with Crippen molar-refractivity contribution >= 4 is 17.6 Å². The molecule has 1 aliphatic carbocycles. The first-order valence-corrected chi connectivity index (χ1v) is 6.10. The predicted molar refractivity (Wildman–Crippen MR) is 70.9 cm³/mol. The zero-order valence-corrected chi connectivity index (χ0v) is 10.7. The molecule has 100 valence electrons. The summed E-state index contributed by atoms with van der Waals surface area (Å²) >= 11 is 5.93.